The lowest BCUT2D eigenvalue weighted by atomic mass is 10.1. The van der Waals surface area contributed by atoms with Gasteiger partial charge in [-0.1, -0.05) is 25.5 Å². The Hall–Kier alpha value is -1.30. The highest BCUT2D eigenvalue weighted by Gasteiger charge is 2.19. The van der Waals surface area contributed by atoms with Crippen molar-refractivity contribution in [3.8, 4) is 5.75 Å². The fourth-order valence-electron chi connectivity index (χ4n) is 2.46. The third-order valence-electron chi connectivity index (χ3n) is 3.79. The molecular weight excluding hydrogens is 316 g/mol. The van der Waals surface area contributed by atoms with Crippen LogP contribution in [0.5, 0.6) is 5.75 Å². The molecule has 130 valence electrons. The van der Waals surface area contributed by atoms with Crippen molar-refractivity contribution in [3.05, 3.63) is 29.3 Å². The molecule has 2 rings (SSSR count). The van der Waals surface area contributed by atoms with Crippen LogP contribution >= 0.6 is 12.4 Å². The summed E-state index contributed by atoms with van der Waals surface area (Å²) in [5.41, 5.74) is 7.92. The second kappa shape index (κ2) is 9.75. The molecule has 6 heteroatoms. The van der Waals surface area contributed by atoms with Crippen LogP contribution < -0.4 is 15.8 Å². The van der Waals surface area contributed by atoms with E-state index in [4.69, 9.17) is 15.2 Å². The molecule has 1 aliphatic rings. The lowest BCUT2D eigenvalue weighted by Gasteiger charge is -2.17. The summed E-state index contributed by atoms with van der Waals surface area (Å²) in [7, 11) is 0. The van der Waals surface area contributed by atoms with Gasteiger partial charge in [-0.15, -0.1) is 12.4 Å². The molecule has 3 N–H and O–H groups in total. The number of halogens is 1. The Labute approximate surface area is 144 Å². The van der Waals surface area contributed by atoms with Gasteiger partial charge in [0.2, 0.25) is 5.91 Å². The van der Waals surface area contributed by atoms with Crippen molar-refractivity contribution >= 4 is 18.3 Å². The summed E-state index contributed by atoms with van der Waals surface area (Å²) in [6.45, 7) is 5.84. The predicted octanol–water partition coefficient (Wildman–Crippen LogP) is 2.33. The average Bonchev–Trinajstić information content (AvgIpc) is 2.99. The molecule has 0 radical (unpaired) electrons. The summed E-state index contributed by atoms with van der Waals surface area (Å²) < 4.78 is 11.4. The molecule has 0 aromatic heterocycles. The van der Waals surface area contributed by atoms with E-state index in [0.717, 1.165) is 36.3 Å². The van der Waals surface area contributed by atoms with Gasteiger partial charge in [-0.3, -0.25) is 4.79 Å². The third-order valence-corrected chi connectivity index (χ3v) is 3.79. The van der Waals surface area contributed by atoms with Gasteiger partial charge >= 0.3 is 0 Å². The number of carbonyl (C=O) groups excluding carboxylic acids is 1. The molecule has 1 aliphatic heterocycles. The minimum absolute atomic E-state index is 0. The van der Waals surface area contributed by atoms with E-state index in [-0.39, 0.29) is 24.4 Å². The maximum Gasteiger partial charge on any atom is 0.237 e. The smallest absolute Gasteiger partial charge is 0.237 e. The van der Waals surface area contributed by atoms with Crippen LogP contribution in [0, 0.1) is 6.92 Å². The second-order valence-electron chi connectivity index (χ2n) is 5.83. The molecule has 1 aromatic carbocycles. The number of nitrogens with one attached hydrogen (secondary N) is 1. The topological polar surface area (TPSA) is 73.6 Å². The van der Waals surface area contributed by atoms with Gasteiger partial charge in [-0.05, 0) is 25.0 Å². The van der Waals surface area contributed by atoms with Crippen LogP contribution in [0.3, 0.4) is 0 Å². The normalized spacial score (nSPS) is 18.1. The molecule has 2 atom stereocenters. The minimum Gasteiger partial charge on any atom is -0.488 e. The van der Waals surface area contributed by atoms with E-state index in [0.29, 0.717) is 19.6 Å². The first kappa shape index (κ1) is 19.7. The summed E-state index contributed by atoms with van der Waals surface area (Å²) in [6.07, 6.45) is 2.59. The standard InChI is InChI=1S/C17H26N2O3.ClH/c1-3-4-15(18)17(20)19-10-13-6-5-12(2)9-16(13)22-14-7-8-21-11-14;/h5-6,9,14-15H,3-4,7-8,10-11,18H2,1-2H3,(H,19,20);1H. The molecule has 0 aliphatic carbocycles. The van der Waals surface area contributed by atoms with Crippen molar-refractivity contribution in [1.29, 1.82) is 0 Å². The number of benzene rings is 1. The lowest BCUT2D eigenvalue weighted by molar-refractivity contribution is -0.122. The van der Waals surface area contributed by atoms with Gasteiger partial charge in [-0.25, -0.2) is 0 Å². The Balaban J connectivity index is 0.00000264. The van der Waals surface area contributed by atoms with Gasteiger partial charge in [0.15, 0.2) is 0 Å². The maximum atomic E-state index is 11.9. The Morgan fingerprint density at radius 2 is 2.30 bits per heavy atom. The highest BCUT2D eigenvalue weighted by atomic mass is 35.5. The van der Waals surface area contributed by atoms with E-state index in [1.165, 1.54) is 0 Å². The highest BCUT2D eigenvalue weighted by Crippen LogP contribution is 2.23. The zero-order chi connectivity index (χ0) is 15.9. The number of rotatable bonds is 7. The molecule has 0 spiro atoms. The number of hydrogen-bond acceptors (Lipinski definition) is 4. The van der Waals surface area contributed by atoms with Crippen molar-refractivity contribution in [3.63, 3.8) is 0 Å². The number of amides is 1. The first-order valence-electron chi connectivity index (χ1n) is 7.97. The number of carbonyl (C=O) groups is 1. The van der Waals surface area contributed by atoms with Crippen LogP contribution in [0.1, 0.15) is 37.3 Å². The average molecular weight is 343 g/mol. The SMILES string of the molecule is CCCC(N)C(=O)NCc1ccc(C)cc1OC1CCOC1.Cl. The van der Waals surface area contributed by atoms with Crippen LogP contribution in [-0.4, -0.2) is 31.3 Å². The zero-order valence-corrected chi connectivity index (χ0v) is 14.7. The molecule has 0 saturated carbocycles. The molecule has 1 fully saturated rings. The molecule has 1 heterocycles. The summed E-state index contributed by atoms with van der Waals surface area (Å²) in [4.78, 5) is 11.9. The Bertz CT molecular complexity index is 505. The van der Waals surface area contributed by atoms with E-state index in [1.807, 2.05) is 32.0 Å². The Morgan fingerprint density at radius 3 is 2.96 bits per heavy atom. The van der Waals surface area contributed by atoms with Crippen LogP contribution in [0.4, 0.5) is 0 Å². The first-order valence-corrected chi connectivity index (χ1v) is 7.97. The largest absolute Gasteiger partial charge is 0.488 e. The molecule has 1 saturated heterocycles. The summed E-state index contributed by atoms with van der Waals surface area (Å²) in [6, 6.07) is 5.58. The monoisotopic (exact) mass is 342 g/mol. The summed E-state index contributed by atoms with van der Waals surface area (Å²) >= 11 is 0. The zero-order valence-electron chi connectivity index (χ0n) is 13.8. The Morgan fingerprint density at radius 1 is 1.52 bits per heavy atom. The molecular formula is C17H27ClN2O3. The van der Waals surface area contributed by atoms with E-state index in [1.54, 1.807) is 0 Å². The number of ether oxygens (including phenoxy) is 2. The van der Waals surface area contributed by atoms with Gasteiger partial charge in [-0.2, -0.15) is 0 Å². The van der Waals surface area contributed by atoms with Gasteiger partial charge in [0.25, 0.3) is 0 Å². The van der Waals surface area contributed by atoms with Crippen LogP contribution in [0.2, 0.25) is 0 Å². The van der Waals surface area contributed by atoms with Gasteiger partial charge in [0.05, 0.1) is 19.3 Å². The number of nitrogens with two attached hydrogens (primary N) is 1. The van der Waals surface area contributed by atoms with Crippen molar-refractivity contribution in [2.75, 3.05) is 13.2 Å². The molecule has 1 amide bonds. The number of aryl methyl sites for hydroxylation is 1. The Kier molecular flexibility index (Phi) is 8.37. The molecule has 2 unspecified atom stereocenters. The van der Waals surface area contributed by atoms with Crippen LogP contribution in [0.25, 0.3) is 0 Å². The third kappa shape index (κ3) is 6.01. The number of hydrogen-bond donors (Lipinski definition) is 2. The van der Waals surface area contributed by atoms with E-state index in [2.05, 4.69) is 5.32 Å². The predicted molar refractivity (Wildman–Crippen MR) is 93.0 cm³/mol. The fourth-order valence-corrected chi connectivity index (χ4v) is 2.46. The van der Waals surface area contributed by atoms with Crippen molar-refractivity contribution < 1.29 is 14.3 Å². The van der Waals surface area contributed by atoms with Crippen LogP contribution in [-0.2, 0) is 16.1 Å². The van der Waals surface area contributed by atoms with Gasteiger partial charge in [0, 0.05) is 18.5 Å². The summed E-state index contributed by atoms with van der Waals surface area (Å²) in [5, 5.41) is 2.89. The van der Waals surface area contributed by atoms with Gasteiger partial charge < -0.3 is 20.5 Å². The lowest BCUT2D eigenvalue weighted by Crippen LogP contribution is -2.40. The van der Waals surface area contributed by atoms with Gasteiger partial charge in [0.1, 0.15) is 11.9 Å². The van der Waals surface area contributed by atoms with Crippen LogP contribution in [0.15, 0.2) is 18.2 Å². The van der Waals surface area contributed by atoms with E-state index < -0.39 is 6.04 Å². The van der Waals surface area contributed by atoms with E-state index in [9.17, 15) is 4.79 Å². The fraction of sp³-hybridized carbons (Fsp3) is 0.588. The first-order chi connectivity index (χ1) is 10.6. The van der Waals surface area contributed by atoms with Crippen molar-refractivity contribution in [2.45, 2.75) is 51.8 Å². The molecule has 5 nitrogen and oxygen atoms in total. The molecule has 1 aromatic rings. The summed E-state index contributed by atoms with van der Waals surface area (Å²) in [5.74, 6) is 0.706. The van der Waals surface area contributed by atoms with E-state index >= 15 is 0 Å². The maximum absolute atomic E-state index is 11.9. The molecule has 0 bridgehead atoms. The minimum atomic E-state index is -0.442. The quantitative estimate of drug-likeness (QED) is 0.797. The highest BCUT2D eigenvalue weighted by molar-refractivity contribution is 5.85. The van der Waals surface area contributed by atoms with Crippen molar-refractivity contribution in [2.24, 2.45) is 5.73 Å². The molecule has 23 heavy (non-hydrogen) atoms. The second-order valence-corrected chi connectivity index (χ2v) is 5.83. The van der Waals surface area contributed by atoms with Crippen molar-refractivity contribution in [1.82, 2.24) is 5.32 Å².